The number of aryl methyl sites for hydroxylation is 2. The van der Waals surface area contributed by atoms with E-state index in [2.05, 4.69) is 13.2 Å². The van der Waals surface area contributed by atoms with Crippen LogP contribution in [-0.4, -0.2) is 68.7 Å². The van der Waals surface area contributed by atoms with Gasteiger partial charge in [-0.05, 0) is 105 Å². The Balaban J connectivity index is 1.39. The number of unbranched alkanes of at least 4 members (excludes halogenated alkanes) is 2. The molecule has 1 aliphatic carbocycles. The Kier molecular flexibility index (Phi) is 16.4. The molecule has 3 rings (SSSR count). The molecule has 0 aliphatic heterocycles. The molecule has 276 valence electrons. The van der Waals surface area contributed by atoms with Crippen molar-refractivity contribution in [2.75, 3.05) is 26.4 Å². The molecule has 0 fully saturated rings. The van der Waals surface area contributed by atoms with E-state index in [1.54, 1.807) is 26.0 Å². The Morgan fingerprint density at radius 3 is 1.54 bits per heavy atom. The molecule has 0 aromatic heterocycles. The van der Waals surface area contributed by atoms with E-state index in [9.17, 15) is 28.8 Å². The van der Waals surface area contributed by atoms with Gasteiger partial charge in [0.1, 0.15) is 23.4 Å². The molecule has 0 spiro atoms. The quantitative estimate of drug-likeness (QED) is 0.0530. The lowest BCUT2D eigenvalue weighted by atomic mass is 10.1. The van der Waals surface area contributed by atoms with Crippen LogP contribution in [0.15, 0.2) is 85.7 Å². The van der Waals surface area contributed by atoms with E-state index in [1.165, 1.54) is 42.5 Å². The lowest BCUT2D eigenvalue weighted by Crippen LogP contribution is -2.18. The molecule has 52 heavy (non-hydrogen) atoms. The molecule has 0 heterocycles. The van der Waals surface area contributed by atoms with Gasteiger partial charge < -0.3 is 37.9 Å². The summed E-state index contributed by atoms with van der Waals surface area (Å²) in [6.07, 6.45) is 6.58. The van der Waals surface area contributed by atoms with Crippen LogP contribution in [-0.2, 0) is 38.0 Å². The molecule has 14 heteroatoms. The molecule has 0 saturated carbocycles. The fourth-order valence-electron chi connectivity index (χ4n) is 4.32. The molecule has 0 N–H and O–H groups in total. The van der Waals surface area contributed by atoms with Crippen molar-refractivity contribution in [3.8, 4) is 11.5 Å². The van der Waals surface area contributed by atoms with E-state index >= 15 is 0 Å². The summed E-state index contributed by atoms with van der Waals surface area (Å²) < 4.78 is 41.2. The van der Waals surface area contributed by atoms with Crippen molar-refractivity contribution >= 4 is 36.2 Å². The van der Waals surface area contributed by atoms with Crippen molar-refractivity contribution in [1.82, 2.24) is 0 Å². The first-order valence-electron chi connectivity index (χ1n) is 16.3. The average Bonchev–Trinajstić information content (AvgIpc) is 3.13. The Labute approximate surface area is 300 Å². The highest BCUT2D eigenvalue weighted by Crippen LogP contribution is 2.24. The topological polar surface area (TPSA) is 176 Å². The van der Waals surface area contributed by atoms with Crippen molar-refractivity contribution in [3.05, 3.63) is 108 Å². The highest BCUT2D eigenvalue weighted by molar-refractivity contribution is 5.91. The maximum atomic E-state index is 12.8. The number of carbonyl (C=O) groups is 6. The van der Waals surface area contributed by atoms with Gasteiger partial charge in [-0.15, -0.1) is 0 Å². The van der Waals surface area contributed by atoms with Gasteiger partial charge in [0.05, 0.1) is 37.6 Å². The van der Waals surface area contributed by atoms with Crippen LogP contribution >= 0.6 is 0 Å². The summed E-state index contributed by atoms with van der Waals surface area (Å²) in [5.74, 6) is -1.62. The van der Waals surface area contributed by atoms with Crippen LogP contribution in [0.5, 0.6) is 11.5 Å². The Hall–Kier alpha value is -6.18. The summed E-state index contributed by atoms with van der Waals surface area (Å²) in [5.41, 5.74) is 1.45. The molecule has 0 radical (unpaired) electrons. The molecular formula is C38H40O14. The molecule has 0 amide bonds. The minimum atomic E-state index is -0.913. The second kappa shape index (κ2) is 21.1. The second-order valence-electron chi connectivity index (χ2n) is 11.1. The lowest BCUT2D eigenvalue weighted by Gasteiger charge is -2.17. The second-order valence-corrected chi connectivity index (χ2v) is 11.1. The number of rotatable bonds is 18. The standard InChI is InChI=1S/C38H40O14/c1-5-33(39)45-19-7-9-21-47-37(43)51-31-17-11-27(23-25(31)3)35(41)49-29-13-15-30(16-14-29)50-36(42)28-12-18-32(26(4)24-28)52-38(44)48-22-10-8-20-46-34(40)6-2/h5-6,11-15,17-18,23-24,30H,1-2,7-10,16,19-22H2,3-4H3/t30-/m1/s1. The monoisotopic (exact) mass is 720 g/mol. The normalized spacial score (nSPS) is 13.0. The van der Waals surface area contributed by atoms with E-state index in [-0.39, 0.29) is 61.2 Å². The fraction of sp³-hybridized carbons (Fsp3) is 0.316. The lowest BCUT2D eigenvalue weighted by molar-refractivity contribution is -0.138. The van der Waals surface area contributed by atoms with Gasteiger partial charge in [-0.2, -0.15) is 0 Å². The molecule has 2 aromatic rings. The summed E-state index contributed by atoms with van der Waals surface area (Å²) in [7, 11) is 0. The highest BCUT2D eigenvalue weighted by Gasteiger charge is 2.20. The van der Waals surface area contributed by atoms with Gasteiger partial charge in [0.25, 0.3) is 0 Å². The first kappa shape index (κ1) is 40.3. The summed E-state index contributed by atoms with van der Waals surface area (Å²) in [6, 6.07) is 8.83. The number of esters is 4. The predicted octanol–water partition coefficient (Wildman–Crippen LogP) is 6.58. The maximum Gasteiger partial charge on any atom is 0.513 e. The Morgan fingerprint density at radius 1 is 0.654 bits per heavy atom. The SMILES string of the molecule is C=CC(=O)OCCCCOC(=O)Oc1ccc(C(=O)OC2=CC[C@H](OC(=O)c3ccc(OC(=O)OCCCCOC(=O)C=C)c(C)c3)C=C2)cc1C. The Bertz CT molecular complexity index is 1700. The zero-order chi connectivity index (χ0) is 37.9. The van der Waals surface area contributed by atoms with Crippen LogP contribution in [0.3, 0.4) is 0 Å². The van der Waals surface area contributed by atoms with Gasteiger partial charge in [-0.1, -0.05) is 13.2 Å². The van der Waals surface area contributed by atoms with E-state index < -0.39 is 42.3 Å². The summed E-state index contributed by atoms with van der Waals surface area (Å²) in [4.78, 5) is 71.6. The predicted molar refractivity (Wildman–Crippen MR) is 184 cm³/mol. The van der Waals surface area contributed by atoms with Crippen molar-refractivity contribution in [3.63, 3.8) is 0 Å². The van der Waals surface area contributed by atoms with Crippen molar-refractivity contribution in [1.29, 1.82) is 0 Å². The molecule has 1 aliphatic rings. The third-order valence-electron chi connectivity index (χ3n) is 7.04. The van der Waals surface area contributed by atoms with Crippen molar-refractivity contribution in [2.45, 2.75) is 52.1 Å². The minimum absolute atomic E-state index is 0.0705. The molecule has 2 aromatic carbocycles. The largest absolute Gasteiger partial charge is 0.513 e. The van der Waals surface area contributed by atoms with Crippen LogP contribution < -0.4 is 9.47 Å². The number of hydrogen-bond acceptors (Lipinski definition) is 14. The zero-order valence-electron chi connectivity index (χ0n) is 28.9. The van der Waals surface area contributed by atoms with Crippen molar-refractivity contribution in [2.24, 2.45) is 0 Å². The van der Waals surface area contributed by atoms with Crippen molar-refractivity contribution < 1.29 is 66.7 Å². The third-order valence-corrected chi connectivity index (χ3v) is 7.04. The summed E-state index contributed by atoms with van der Waals surface area (Å²) >= 11 is 0. The van der Waals surface area contributed by atoms with Crippen LogP contribution in [0.1, 0.15) is 63.9 Å². The van der Waals surface area contributed by atoms with Gasteiger partial charge >= 0.3 is 36.2 Å². The first-order chi connectivity index (χ1) is 25.0. The molecule has 0 bridgehead atoms. The summed E-state index contributed by atoms with van der Waals surface area (Å²) in [5, 5.41) is 0. The highest BCUT2D eigenvalue weighted by atomic mass is 16.7. The van der Waals surface area contributed by atoms with E-state index in [4.69, 9.17) is 37.9 Å². The van der Waals surface area contributed by atoms with E-state index in [1.807, 2.05) is 0 Å². The smallest absolute Gasteiger partial charge is 0.463 e. The molecular weight excluding hydrogens is 680 g/mol. The van der Waals surface area contributed by atoms with Gasteiger partial charge in [-0.3, -0.25) is 0 Å². The fourth-order valence-corrected chi connectivity index (χ4v) is 4.32. The third kappa shape index (κ3) is 14.0. The maximum absolute atomic E-state index is 12.8. The number of benzene rings is 2. The van der Waals surface area contributed by atoms with Crippen LogP contribution in [0.25, 0.3) is 0 Å². The van der Waals surface area contributed by atoms with Gasteiger partial charge in [0.2, 0.25) is 0 Å². The minimum Gasteiger partial charge on any atom is -0.463 e. The first-order valence-corrected chi connectivity index (χ1v) is 16.3. The number of hydrogen-bond donors (Lipinski definition) is 0. The van der Waals surface area contributed by atoms with Crippen LogP contribution in [0, 0.1) is 13.8 Å². The van der Waals surface area contributed by atoms with Gasteiger partial charge in [0, 0.05) is 18.6 Å². The zero-order valence-corrected chi connectivity index (χ0v) is 28.9. The van der Waals surface area contributed by atoms with Gasteiger partial charge in [-0.25, -0.2) is 28.8 Å². The molecule has 14 nitrogen and oxygen atoms in total. The molecule has 0 saturated heterocycles. The molecule has 1 atom stereocenters. The van der Waals surface area contributed by atoms with Gasteiger partial charge in [0.15, 0.2) is 0 Å². The van der Waals surface area contributed by atoms with Crippen LogP contribution in [0.4, 0.5) is 9.59 Å². The number of allylic oxidation sites excluding steroid dienone is 1. The number of ether oxygens (including phenoxy) is 8. The molecule has 0 unspecified atom stereocenters. The van der Waals surface area contributed by atoms with Crippen LogP contribution in [0.2, 0.25) is 0 Å². The van der Waals surface area contributed by atoms with E-state index in [0.29, 0.717) is 36.8 Å². The average molecular weight is 721 g/mol. The summed E-state index contributed by atoms with van der Waals surface area (Å²) in [6.45, 7) is 10.4. The van der Waals surface area contributed by atoms with E-state index in [0.717, 1.165) is 12.2 Å². The number of carbonyl (C=O) groups excluding carboxylic acids is 6. The Morgan fingerprint density at radius 2 is 1.12 bits per heavy atom.